The van der Waals surface area contributed by atoms with Gasteiger partial charge < -0.3 is 0 Å². The highest BCUT2D eigenvalue weighted by atomic mass is 16.2. The quantitative estimate of drug-likeness (QED) is 0.707. The Morgan fingerprint density at radius 3 is 2.71 bits per heavy atom. The average molecular weight is 194 g/mol. The van der Waals surface area contributed by atoms with Crippen LogP contribution >= 0.6 is 0 Å². The predicted molar refractivity (Wildman–Crippen MR) is 52.8 cm³/mol. The van der Waals surface area contributed by atoms with E-state index < -0.39 is 0 Å². The van der Waals surface area contributed by atoms with Gasteiger partial charge in [0.25, 0.3) is 0 Å². The molecule has 1 aliphatic carbocycles. The smallest absolute Gasteiger partial charge is 0.244 e. The van der Waals surface area contributed by atoms with Gasteiger partial charge in [0.1, 0.15) is 0 Å². The molecule has 0 amide bonds. The fourth-order valence-electron chi connectivity index (χ4n) is 1.88. The third kappa shape index (κ3) is 1.49. The lowest BCUT2D eigenvalue weighted by atomic mass is 10.3. The van der Waals surface area contributed by atoms with Gasteiger partial charge in [0.05, 0.1) is 6.04 Å². The molecule has 0 atom stereocenters. The van der Waals surface area contributed by atoms with Crippen molar-refractivity contribution in [3.63, 3.8) is 0 Å². The van der Waals surface area contributed by atoms with Crippen LogP contribution in [0, 0.1) is 0 Å². The van der Waals surface area contributed by atoms with Crippen LogP contribution in [-0.2, 0) is 0 Å². The Hall–Kier alpha value is -1.39. The minimum Gasteiger partial charge on any atom is -0.244 e. The molecule has 2 rings (SSSR count). The molecule has 76 valence electrons. The second-order valence-corrected chi connectivity index (χ2v) is 3.57. The number of rotatable bonds is 2. The van der Waals surface area contributed by atoms with Crippen LogP contribution in [0.25, 0.3) is 6.20 Å². The molecule has 1 fully saturated rings. The highest BCUT2D eigenvalue weighted by Gasteiger charge is 2.20. The molecular weight excluding hydrogens is 180 g/mol. The monoisotopic (exact) mass is 194 g/mol. The normalized spacial score (nSPS) is 18.4. The van der Waals surface area contributed by atoms with Crippen LogP contribution in [-0.4, -0.2) is 19.8 Å². The highest BCUT2D eigenvalue weighted by molar-refractivity contribution is 5.16. The van der Waals surface area contributed by atoms with Gasteiger partial charge in [0.2, 0.25) is 0 Å². The number of hydrogen-bond donors (Lipinski definition) is 0. The Morgan fingerprint density at radius 2 is 2.07 bits per heavy atom. The molecule has 5 heteroatoms. The molecular formula is C9H14N4O. The Balaban J connectivity index is 2.30. The van der Waals surface area contributed by atoms with E-state index in [1.54, 1.807) is 12.3 Å². The topological polar surface area (TPSA) is 52.7 Å². The molecule has 0 radical (unpaired) electrons. The highest BCUT2D eigenvalue weighted by Crippen LogP contribution is 2.26. The zero-order valence-electron chi connectivity index (χ0n) is 8.26. The second kappa shape index (κ2) is 3.77. The molecule has 0 unspecified atom stereocenters. The van der Waals surface area contributed by atoms with Gasteiger partial charge in [-0.2, -0.15) is 9.36 Å². The van der Waals surface area contributed by atoms with Gasteiger partial charge in [0, 0.05) is 6.20 Å². The summed E-state index contributed by atoms with van der Waals surface area (Å²) in [6.07, 6.45) is 7.87. The Morgan fingerprint density at radius 1 is 1.36 bits per heavy atom. The molecule has 0 aromatic carbocycles. The SMILES string of the molecule is C/C=C\n1nnn(C2CCCC2)c1=O. The molecule has 1 aliphatic rings. The van der Waals surface area contributed by atoms with Crippen molar-refractivity contribution in [1.29, 1.82) is 0 Å². The first-order chi connectivity index (χ1) is 6.83. The van der Waals surface area contributed by atoms with Gasteiger partial charge in [-0.15, -0.1) is 0 Å². The molecule has 0 saturated heterocycles. The molecule has 1 aromatic heterocycles. The summed E-state index contributed by atoms with van der Waals surface area (Å²) in [6, 6.07) is 0.265. The Kier molecular flexibility index (Phi) is 2.47. The van der Waals surface area contributed by atoms with Crippen molar-refractivity contribution in [2.24, 2.45) is 0 Å². The third-order valence-electron chi connectivity index (χ3n) is 2.59. The molecule has 1 heterocycles. The van der Waals surface area contributed by atoms with E-state index in [1.165, 1.54) is 22.2 Å². The lowest BCUT2D eigenvalue weighted by molar-refractivity contribution is 0.442. The van der Waals surface area contributed by atoms with Crippen molar-refractivity contribution >= 4 is 6.20 Å². The summed E-state index contributed by atoms with van der Waals surface area (Å²) in [5.41, 5.74) is -0.130. The van der Waals surface area contributed by atoms with E-state index in [9.17, 15) is 4.79 Å². The molecule has 1 saturated carbocycles. The summed E-state index contributed by atoms with van der Waals surface area (Å²) in [6.45, 7) is 1.85. The fraction of sp³-hybridized carbons (Fsp3) is 0.667. The number of tetrazole rings is 1. The lowest BCUT2D eigenvalue weighted by Crippen LogP contribution is -2.25. The van der Waals surface area contributed by atoms with Crippen molar-refractivity contribution < 1.29 is 0 Å². The van der Waals surface area contributed by atoms with Gasteiger partial charge in [-0.25, -0.2) is 4.79 Å². The lowest BCUT2D eigenvalue weighted by Gasteiger charge is -2.04. The Bertz CT molecular complexity index is 384. The summed E-state index contributed by atoms with van der Waals surface area (Å²) < 4.78 is 2.78. The summed E-state index contributed by atoms with van der Waals surface area (Å²) in [5, 5.41) is 7.66. The number of nitrogens with zero attached hydrogens (tertiary/aromatic N) is 4. The van der Waals surface area contributed by atoms with Crippen LogP contribution in [0.3, 0.4) is 0 Å². The minimum absolute atomic E-state index is 0.130. The first kappa shape index (κ1) is 9.18. The van der Waals surface area contributed by atoms with Crippen LogP contribution in [0.2, 0.25) is 0 Å². The maximum atomic E-state index is 11.7. The molecule has 5 nitrogen and oxygen atoms in total. The van der Waals surface area contributed by atoms with Crippen LogP contribution < -0.4 is 5.69 Å². The van der Waals surface area contributed by atoms with E-state index in [-0.39, 0.29) is 11.7 Å². The third-order valence-corrected chi connectivity index (χ3v) is 2.59. The molecule has 0 aliphatic heterocycles. The zero-order chi connectivity index (χ0) is 9.97. The molecule has 0 N–H and O–H groups in total. The molecule has 0 spiro atoms. The van der Waals surface area contributed by atoms with Crippen LogP contribution in [0.1, 0.15) is 38.6 Å². The van der Waals surface area contributed by atoms with Crippen molar-refractivity contribution in [2.45, 2.75) is 38.6 Å². The van der Waals surface area contributed by atoms with E-state index >= 15 is 0 Å². The zero-order valence-corrected chi connectivity index (χ0v) is 8.26. The van der Waals surface area contributed by atoms with Crippen molar-refractivity contribution in [1.82, 2.24) is 19.8 Å². The van der Waals surface area contributed by atoms with Crippen molar-refractivity contribution in [2.75, 3.05) is 0 Å². The largest absolute Gasteiger partial charge is 0.368 e. The Labute approximate surface area is 82.0 Å². The van der Waals surface area contributed by atoms with Crippen molar-refractivity contribution in [3.05, 3.63) is 16.6 Å². The maximum Gasteiger partial charge on any atom is 0.368 e. The van der Waals surface area contributed by atoms with Gasteiger partial charge in [-0.05, 0) is 30.2 Å². The first-order valence-corrected chi connectivity index (χ1v) is 4.99. The number of allylic oxidation sites excluding steroid dienone is 1. The van der Waals surface area contributed by atoms with Crippen LogP contribution in [0.5, 0.6) is 0 Å². The maximum absolute atomic E-state index is 11.7. The summed E-state index contributed by atoms with van der Waals surface area (Å²) in [4.78, 5) is 11.7. The molecule has 0 bridgehead atoms. The van der Waals surface area contributed by atoms with E-state index in [0.717, 1.165) is 12.8 Å². The van der Waals surface area contributed by atoms with E-state index in [4.69, 9.17) is 0 Å². The number of aromatic nitrogens is 4. The van der Waals surface area contributed by atoms with Gasteiger partial charge in [-0.3, -0.25) is 0 Å². The molecule has 1 aromatic rings. The molecule has 14 heavy (non-hydrogen) atoms. The summed E-state index contributed by atoms with van der Waals surface area (Å²) in [7, 11) is 0. The standard InChI is InChI=1S/C9H14N4O/c1-2-7-12-9(14)13(11-10-12)8-5-3-4-6-8/h2,7-8H,3-6H2,1H3/b7-2-. The van der Waals surface area contributed by atoms with Gasteiger partial charge in [0.15, 0.2) is 0 Å². The van der Waals surface area contributed by atoms with E-state index in [2.05, 4.69) is 10.4 Å². The fourth-order valence-corrected chi connectivity index (χ4v) is 1.88. The minimum atomic E-state index is -0.130. The van der Waals surface area contributed by atoms with Crippen LogP contribution in [0.4, 0.5) is 0 Å². The van der Waals surface area contributed by atoms with E-state index in [0.29, 0.717) is 0 Å². The summed E-state index contributed by atoms with van der Waals surface area (Å²) in [5.74, 6) is 0. The summed E-state index contributed by atoms with van der Waals surface area (Å²) >= 11 is 0. The van der Waals surface area contributed by atoms with E-state index in [1.807, 2.05) is 6.92 Å². The average Bonchev–Trinajstić information content (AvgIpc) is 2.77. The van der Waals surface area contributed by atoms with Gasteiger partial charge in [-0.1, -0.05) is 18.9 Å². The van der Waals surface area contributed by atoms with Crippen molar-refractivity contribution in [3.8, 4) is 0 Å². The van der Waals surface area contributed by atoms with Crippen LogP contribution in [0.15, 0.2) is 10.9 Å². The first-order valence-electron chi connectivity index (χ1n) is 4.99. The number of hydrogen-bond acceptors (Lipinski definition) is 3. The second-order valence-electron chi connectivity index (χ2n) is 3.57. The predicted octanol–water partition coefficient (Wildman–Crippen LogP) is 1.05. The van der Waals surface area contributed by atoms with Gasteiger partial charge >= 0.3 is 5.69 Å².